The molecule has 3 heterocycles. The minimum absolute atomic E-state index is 0.208. The molecule has 0 spiro atoms. The van der Waals surface area contributed by atoms with E-state index in [0.717, 1.165) is 11.5 Å². The summed E-state index contributed by atoms with van der Waals surface area (Å²) in [5.74, 6) is 1.30. The molecular formula is C18H15Cl2N5O. The minimum Gasteiger partial charge on any atom is -0.321 e. The predicted octanol–water partition coefficient (Wildman–Crippen LogP) is 3.53. The van der Waals surface area contributed by atoms with Crippen molar-refractivity contribution in [2.45, 2.75) is 19.5 Å². The molecule has 0 bridgehead atoms. The van der Waals surface area contributed by atoms with Crippen LogP contribution in [0.3, 0.4) is 0 Å². The van der Waals surface area contributed by atoms with E-state index < -0.39 is 6.04 Å². The van der Waals surface area contributed by atoms with E-state index in [1.807, 2.05) is 29.7 Å². The third kappa shape index (κ3) is 2.75. The van der Waals surface area contributed by atoms with E-state index in [9.17, 15) is 4.79 Å². The van der Waals surface area contributed by atoms with Gasteiger partial charge in [0.05, 0.1) is 21.3 Å². The summed E-state index contributed by atoms with van der Waals surface area (Å²) < 4.78 is 2.02. The van der Waals surface area contributed by atoms with E-state index in [0.29, 0.717) is 29.5 Å². The monoisotopic (exact) mass is 387 g/mol. The van der Waals surface area contributed by atoms with Crippen LogP contribution in [-0.2, 0) is 6.54 Å². The molecule has 1 atom stereocenters. The Bertz CT molecular complexity index is 973. The normalized spacial score (nSPS) is 16.4. The summed E-state index contributed by atoms with van der Waals surface area (Å²) in [6, 6.07) is 10.2. The van der Waals surface area contributed by atoms with E-state index in [4.69, 9.17) is 23.2 Å². The Labute approximate surface area is 160 Å². The maximum absolute atomic E-state index is 13.3. The van der Waals surface area contributed by atoms with Gasteiger partial charge in [-0.15, -0.1) is 10.2 Å². The van der Waals surface area contributed by atoms with Gasteiger partial charge in [0.15, 0.2) is 5.82 Å². The second-order valence-electron chi connectivity index (χ2n) is 6.01. The van der Waals surface area contributed by atoms with Gasteiger partial charge in [-0.2, -0.15) is 0 Å². The first-order chi connectivity index (χ1) is 12.6. The lowest BCUT2D eigenvalue weighted by atomic mass is 10.1. The number of carbonyl (C=O) groups is 1. The summed E-state index contributed by atoms with van der Waals surface area (Å²) in [6.07, 6.45) is 1.70. The van der Waals surface area contributed by atoms with E-state index in [1.54, 1.807) is 29.3 Å². The van der Waals surface area contributed by atoms with Crippen LogP contribution in [0.15, 0.2) is 42.6 Å². The van der Waals surface area contributed by atoms with Crippen molar-refractivity contribution in [2.75, 3.05) is 6.54 Å². The minimum atomic E-state index is -0.436. The Morgan fingerprint density at radius 3 is 2.73 bits per heavy atom. The van der Waals surface area contributed by atoms with Gasteiger partial charge in [-0.1, -0.05) is 35.3 Å². The average Bonchev–Trinajstić information content (AvgIpc) is 3.04. The van der Waals surface area contributed by atoms with Crippen molar-refractivity contribution >= 4 is 29.1 Å². The molecule has 0 saturated carbocycles. The van der Waals surface area contributed by atoms with Crippen molar-refractivity contribution in [1.29, 1.82) is 0 Å². The van der Waals surface area contributed by atoms with E-state index in [2.05, 4.69) is 15.2 Å². The molecule has 2 aromatic heterocycles. The van der Waals surface area contributed by atoms with Gasteiger partial charge in [0.2, 0.25) is 0 Å². The SMILES string of the molecule is Cc1nnc2n1CCN(C(=O)c1cccc(Cl)c1Cl)[C@@H]2c1ccccn1. The Hall–Kier alpha value is -2.44. The third-order valence-electron chi connectivity index (χ3n) is 4.50. The molecule has 8 heteroatoms. The van der Waals surface area contributed by atoms with Crippen molar-refractivity contribution < 1.29 is 4.79 Å². The summed E-state index contributed by atoms with van der Waals surface area (Å²) >= 11 is 12.4. The molecule has 1 amide bonds. The Kier molecular flexibility index (Phi) is 4.38. The first kappa shape index (κ1) is 17.0. The fourth-order valence-electron chi connectivity index (χ4n) is 3.22. The molecule has 132 valence electrons. The molecule has 1 aromatic carbocycles. The number of benzene rings is 1. The molecule has 6 nitrogen and oxygen atoms in total. The summed E-state index contributed by atoms with van der Waals surface area (Å²) in [4.78, 5) is 19.4. The van der Waals surface area contributed by atoms with E-state index in [-0.39, 0.29) is 10.9 Å². The van der Waals surface area contributed by atoms with Crippen molar-refractivity contribution in [1.82, 2.24) is 24.6 Å². The van der Waals surface area contributed by atoms with Gasteiger partial charge in [-0.05, 0) is 31.2 Å². The topological polar surface area (TPSA) is 63.9 Å². The average molecular weight is 388 g/mol. The molecular weight excluding hydrogens is 373 g/mol. The third-order valence-corrected chi connectivity index (χ3v) is 5.31. The number of hydrogen-bond acceptors (Lipinski definition) is 4. The maximum Gasteiger partial charge on any atom is 0.256 e. The zero-order valence-electron chi connectivity index (χ0n) is 13.9. The number of carbonyl (C=O) groups excluding carboxylic acids is 1. The van der Waals surface area contributed by atoms with Crippen LogP contribution in [-0.4, -0.2) is 37.1 Å². The van der Waals surface area contributed by atoms with E-state index in [1.165, 1.54) is 0 Å². The van der Waals surface area contributed by atoms with Crippen LogP contribution in [0.5, 0.6) is 0 Å². The lowest BCUT2D eigenvalue weighted by Crippen LogP contribution is -2.43. The molecule has 0 N–H and O–H groups in total. The van der Waals surface area contributed by atoms with Crippen LogP contribution in [0.2, 0.25) is 10.0 Å². The zero-order chi connectivity index (χ0) is 18.3. The first-order valence-electron chi connectivity index (χ1n) is 8.13. The van der Waals surface area contributed by atoms with Crippen LogP contribution in [0.4, 0.5) is 0 Å². The molecule has 0 fully saturated rings. The van der Waals surface area contributed by atoms with Crippen LogP contribution >= 0.6 is 23.2 Å². The fraction of sp³-hybridized carbons (Fsp3) is 0.222. The number of nitrogens with zero attached hydrogens (tertiary/aromatic N) is 5. The number of amides is 1. The maximum atomic E-state index is 13.3. The highest BCUT2D eigenvalue weighted by Gasteiger charge is 2.36. The molecule has 1 aliphatic rings. The predicted molar refractivity (Wildman–Crippen MR) is 98.3 cm³/mol. The van der Waals surface area contributed by atoms with E-state index >= 15 is 0 Å². The number of pyridine rings is 1. The van der Waals surface area contributed by atoms with Crippen LogP contribution in [0.1, 0.15) is 33.7 Å². The largest absolute Gasteiger partial charge is 0.321 e. The standard InChI is InChI=1S/C18H15Cl2N5O/c1-11-22-23-17-16(14-7-2-3-8-21-14)25(10-9-24(11)17)18(26)12-5-4-6-13(19)15(12)20/h2-8,16H,9-10H2,1H3/t16-/m1/s1. The molecule has 1 aliphatic heterocycles. The number of aryl methyl sites for hydroxylation is 1. The van der Waals surface area contributed by atoms with Crippen molar-refractivity contribution in [3.63, 3.8) is 0 Å². The van der Waals surface area contributed by atoms with Crippen molar-refractivity contribution in [3.8, 4) is 0 Å². The second-order valence-corrected chi connectivity index (χ2v) is 6.80. The molecule has 0 saturated heterocycles. The van der Waals surface area contributed by atoms with Crippen LogP contribution in [0, 0.1) is 6.92 Å². The Balaban J connectivity index is 1.82. The summed E-state index contributed by atoms with van der Waals surface area (Å²) in [7, 11) is 0. The lowest BCUT2D eigenvalue weighted by Gasteiger charge is -2.35. The van der Waals surface area contributed by atoms with Crippen LogP contribution in [0.25, 0.3) is 0 Å². The summed E-state index contributed by atoms with van der Waals surface area (Å²) in [5.41, 5.74) is 1.09. The summed E-state index contributed by atoms with van der Waals surface area (Å²) in [5, 5.41) is 9.07. The van der Waals surface area contributed by atoms with Gasteiger partial charge >= 0.3 is 0 Å². The van der Waals surface area contributed by atoms with Gasteiger partial charge in [-0.25, -0.2) is 0 Å². The molecule has 26 heavy (non-hydrogen) atoms. The van der Waals surface area contributed by atoms with Gasteiger partial charge in [-0.3, -0.25) is 9.78 Å². The number of halogens is 2. The molecule has 3 aromatic rings. The quantitative estimate of drug-likeness (QED) is 0.674. The number of aromatic nitrogens is 4. The summed E-state index contributed by atoms with van der Waals surface area (Å²) in [6.45, 7) is 3.01. The Morgan fingerprint density at radius 2 is 1.96 bits per heavy atom. The number of fused-ring (bicyclic) bond motifs is 1. The highest BCUT2D eigenvalue weighted by Crippen LogP contribution is 2.34. The van der Waals surface area contributed by atoms with Gasteiger partial charge in [0.25, 0.3) is 5.91 Å². The smallest absolute Gasteiger partial charge is 0.256 e. The molecule has 0 unspecified atom stereocenters. The number of rotatable bonds is 2. The van der Waals surface area contributed by atoms with Gasteiger partial charge < -0.3 is 9.47 Å². The van der Waals surface area contributed by atoms with Crippen molar-refractivity contribution in [3.05, 3.63) is 75.5 Å². The molecule has 4 rings (SSSR count). The molecule has 0 radical (unpaired) electrons. The lowest BCUT2D eigenvalue weighted by molar-refractivity contribution is 0.0653. The second kappa shape index (κ2) is 6.70. The van der Waals surface area contributed by atoms with Crippen molar-refractivity contribution in [2.24, 2.45) is 0 Å². The Morgan fingerprint density at radius 1 is 1.12 bits per heavy atom. The zero-order valence-corrected chi connectivity index (χ0v) is 15.4. The molecule has 0 aliphatic carbocycles. The van der Waals surface area contributed by atoms with Gasteiger partial charge in [0.1, 0.15) is 11.9 Å². The first-order valence-corrected chi connectivity index (χ1v) is 8.89. The number of hydrogen-bond donors (Lipinski definition) is 0. The highest BCUT2D eigenvalue weighted by atomic mass is 35.5. The van der Waals surface area contributed by atoms with Gasteiger partial charge in [0, 0.05) is 19.3 Å². The fourth-order valence-corrected chi connectivity index (χ4v) is 3.61. The highest BCUT2D eigenvalue weighted by molar-refractivity contribution is 6.43. The van der Waals surface area contributed by atoms with Crippen LogP contribution < -0.4 is 0 Å².